The highest BCUT2D eigenvalue weighted by molar-refractivity contribution is 5.56. The van der Waals surface area contributed by atoms with Crippen LogP contribution in [0, 0.1) is 5.92 Å². The lowest BCUT2D eigenvalue weighted by molar-refractivity contribution is 0.123. The SMILES string of the molecule is CCCCOCCCCOc1ccc(-c2ncc(OCCCCCC3CC3)cn2)cc1. The molecule has 1 aromatic carbocycles. The molecule has 1 aromatic heterocycles. The molecule has 0 spiro atoms. The lowest BCUT2D eigenvalue weighted by atomic mass is 10.1. The third kappa shape index (κ3) is 9.69. The minimum atomic E-state index is 0.701. The molecule has 0 radical (unpaired) electrons. The molecule has 0 N–H and O–H groups in total. The summed E-state index contributed by atoms with van der Waals surface area (Å²) < 4.78 is 17.2. The summed E-state index contributed by atoms with van der Waals surface area (Å²) in [5.41, 5.74) is 0.975. The van der Waals surface area contributed by atoms with E-state index in [9.17, 15) is 0 Å². The maximum atomic E-state index is 5.82. The summed E-state index contributed by atoms with van der Waals surface area (Å²) in [6, 6.07) is 7.95. The maximum absolute atomic E-state index is 5.82. The van der Waals surface area contributed by atoms with Crippen molar-refractivity contribution in [3.63, 3.8) is 0 Å². The first kappa shape index (κ1) is 23.5. The van der Waals surface area contributed by atoms with Gasteiger partial charge in [-0.1, -0.05) is 45.4 Å². The summed E-state index contributed by atoms with van der Waals surface area (Å²) in [5.74, 6) is 3.34. The summed E-state index contributed by atoms with van der Waals surface area (Å²) in [7, 11) is 0. The van der Waals surface area contributed by atoms with Crippen LogP contribution in [0.2, 0.25) is 0 Å². The molecular weight excluding hydrogens is 388 g/mol. The Morgan fingerprint density at radius 2 is 1.39 bits per heavy atom. The zero-order chi connectivity index (χ0) is 21.6. The van der Waals surface area contributed by atoms with Crippen molar-refractivity contribution >= 4 is 0 Å². The van der Waals surface area contributed by atoms with Gasteiger partial charge in [-0.2, -0.15) is 0 Å². The molecule has 1 heterocycles. The van der Waals surface area contributed by atoms with Crippen LogP contribution >= 0.6 is 0 Å². The van der Waals surface area contributed by atoms with Crippen molar-refractivity contribution in [2.45, 2.75) is 71.1 Å². The summed E-state index contributed by atoms with van der Waals surface area (Å²) >= 11 is 0. The molecule has 0 atom stereocenters. The highest BCUT2D eigenvalue weighted by atomic mass is 16.5. The molecule has 170 valence electrons. The van der Waals surface area contributed by atoms with Crippen LogP contribution in [0.3, 0.4) is 0 Å². The number of aromatic nitrogens is 2. The maximum Gasteiger partial charge on any atom is 0.159 e. The standard InChI is InChI=1S/C26H38N2O3/c1-2-3-16-29-17-7-8-19-30-24-14-12-23(13-15-24)26-27-20-25(21-28-26)31-18-6-4-5-9-22-10-11-22/h12-15,20-22H,2-11,16-19H2,1H3. The Hall–Kier alpha value is -2.14. The van der Waals surface area contributed by atoms with Gasteiger partial charge in [0.2, 0.25) is 0 Å². The van der Waals surface area contributed by atoms with E-state index in [1.165, 1.54) is 38.5 Å². The molecule has 3 rings (SSSR count). The van der Waals surface area contributed by atoms with Crippen molar-refractivity contribution < 1.29 is 14.2 Å². The smallest absolute Gasteiger partial charge is 0.159 e. The van der Waals surface area contributed by atoms with Crippen LogP contribution < -0.4 is 9.47 Å². The Labute approximate surface area is 187 Å². The van der Waals surface area contributed by atoms with Gasteiger partial charge in [-0.05, 0) is 55.9 Å². The van der Waals surface area contributed by atoms with Gasteiger partial charge in [-0.3, -0.25) is 0 Å². The van der Waals surface area contributed by atoms with E-state index in [1.807, 2.05) is 24.3 Å². The van der Waals surface area contributed by atoms with Crippen LogP contribution in [-0.4, -0.2) is 36.4 Å². The van der Waals surface area contributed by atoms with Gasteiger partial charge in [-0.25, -0.2) is 9.97 Å². The first-order chi connectivity index (χ1) is 15.3. The van der Waals surface area contributed by atoms with E-state index >= 15 is 0 Å². The zero-order valence-electron chi connectivity index (χ0n) is 19.1. The molecule has 0 unspecified atom stereocenters. The minimum Gasteiger partial charge on any atom is -0.494 e. The average Bonchev–Trinajstić information content (AvgIpc) is 3.63. The van der Waals surface area contributed by atoms with Gasteiger partial charge in [0.05, 0.1) is 25.6 Å². The third-order valence-corrected chi connectivity index (χ3v) is 5.56. The van der Waals surface area contributed by atoms with E-state index in [1.54, 1.807) is 12.4 Å². The number of benzene rings is 1. The van der Waals surface area contributed by atoms with Gasteiger partial charge in [0.25, 0.3) is 0 Å². The van der Waals surface area contributed by atoms with Crippen LogP contribution in [-0.2, 0) is 4.74 Å². The van der Waals surface area contributed by atoms with E-state index < -0.39 is 0 Å². The molecule has 0 aliphatic heterocycles. The lowest BCUT2D eigenvalue weighted by Crippen LogP contribution is -2.01. The van der Waals surface area contributed by atoms with Crippen molar-refractivity contribution in [1.82, 2.24) is 9.97 Å². The Morgan fingerprint density at radius 3 is 2.10 bits per heavy atom. The Kier molecular flexibility index (Phi) is 10.6. The molecule has 31 heavy (non-hydrogen) atoms. The number of nitrogens with zero attached hydrogens (tertiary/aromatic N) is 2. The molecule has 0 amide bonds. The Bertz CT molecular complexity index is 714. The van der Waals surface area contributed by atoms with E-state index in [-0.39, 0.29) is 0 Å². The van der Waals surface area contributed by atoms with Crippen LogP contribution in [0.4, 0.5) is 0 Å². The highest BCUT2D eigenvalue weighted by Gasteiger charge is 2.19. The van der Waals surface area contributed by atoms with Crippen LogP contribution in [0.15, 0.2) is 36.7 Å². The van der Waals surface area contributed by atoms with E-state index in [4.69, 9.17) is 14.2 Å². The van der Waals surface area contributed by atoms with Crippen LogP contribution in [0.5, 0.6) is 11.5 Å². The van der Waals surface area contributed by atoms with Gasteiger partial charge in [0, 0.05) is 18.8 Å². The fourth-order valence-electron chi connectivity index (χ4n) is 3.39. The Balaban J connectivity index is 1.29. The zero-order valence-corrected chi connectivity index (χ0v) is 19.1. The quantitative estimate of drug-likeness (QED) is 0.271. The summed E-state index contributed by atoms with van der Waals surface area (Å²) in [4.78, 5) is 8.90. The van der Waals surface area contributed by atoms with Crippen molar-refractivity contribution in [3.05, 3.63) is 36.7 Å². The van der Waals surface area contributed by atoms with Crippen molar-refractivity contribution in [3.8, 4) is 22.9 Å². The van der Waals surface area contributed by atoms with Gasteiger partial charge in [-0.15, -0.1) is 0 Å². The molecule has 1 saturated carbocycles. The van der Waals surface area contributed by atoms with Crippen LogP contribution in [0.1, 0.15) is 71.1 Å². The fourth-order valence-corrected chi connectivity index (χ4v) is 3.39. The fraction of sp³-hybridized carbons (Fsp3) is 0.615. The summed E-state index contributed by atoms with van der Waals surface area (Å²) in [6.07, 6.45) is 15.9. The largest absolute Gasteiger partial charge is 0.494 e. The first-order valence-corrected chi connectivity index (χ1v) is 12.1. The van der Waals surface area contributed by atoms with E-state index in [0.717, 1.165) is 68.5 Å². The summed E-state index contributed by atoms with van der Waals surface area (Å²) in [6.45, 7) is 5.31. The van der Waals surface area contributed by atoms with E-state index in [2.05, 4.69) is 16.9 Å². The lowest BCUT2D eigenvalue weighted by Gasteiger charge is -2.08. The number of hydrogen-bond donors (Lipinski definition) is 0. The van der Waals surface area contributed by atoms with E-state index in [0.29, 0.717) is 12.4 Å². The monoisotopic (exact) mass is 426 g/mol. The van der Waals surface area contributed by atoms with Gasteiger partial charge < -0.3 is 14.2 Å². The Morgan fingerprint density at radius 1 is 0.742 bits per heavy atom. The second-order valence-corrected chi connectivity index (χ2v) is 8.43. The molecule has 5 nitrogen and oxygen atoms in total. The molecule has 5 heteroatoms. The third-order valence-electron chi connectivity index (χ3n) is 5.56. The van der Waals surface area contributed by atoms with Gasteiger partial charge in [0.1, 0.15) is 5.75 Å². The van der Waals surface area contributed by atoms with Gasteiger partial charge in [0.15, 0.2) is 11.6 Å². The predicted octanol–water partition coefficient (Wildman–Crippen LogP) is 6.47. The van der Waals surface area contributed by atoms with Crippen molar-refractivity contribution in [2.24, 2.45) is 5.92 Å². The summed E-state index contributed by atoms with van der Waals surface area (Å²) in [5, 5.41) is 0. The van der Waals surface area contributed by atoms with Crippen molar-refractivity contribution in [2.75, 3.05) is 26.4 Å². The van der Waals surface area contributed by atoms with Crippen molar-refractivity contribution in [1.29, 1.82) is 0 Å². The second kappa shape index (κ2) is 14.0. The number of hydrogen-bond acceptors (Lipinski definition) is 5. The molecule has 0 bridgehead atoms. The van der Waals surface area contributed by atoms with Gasteiger partial charge >= 0.3 is 0 Å². The molecule has 2 aromatic rings. The molecule has 1 aliphatic rings. The predicted molar refractivity (Wildman–Crippen MR) is 125 cm³/mol. The number of unbranched alkanes of at least 4 members (excludes halogenated alkanes) is 4. The number of ether oxygens (including phenoxy) is 3. The average molecular weight is 427 g/mol. The first-order valence-electron chi connectivity index (χ1n) is 12.1. The molecule has 0 saturated heterocycles. The molecule has 1 aliphatic carbocycles. The van der Waals surface area contributed by atoms with Crippen LogP contribution in [0.25, 0.3) is 11.4 Å². The minimum absolute atomic E-state index is 0.701. The topological polar surface area (TPSA) is 53.5 Å². The normalized spacial score (nSPS) is 13.3. The number of rotatable bonds is 17. The molecular formula is C26H38N2O3. The molecule has 1 fully saturated rings. The highest BCUT2D eigenvalue weighted by Crippen LogP contribution is 2.34. The second-order valence-electron chi connectivity index (χ2n) is 8.43.